The molecule has 0 radical (unpaired) electrons. The number of para-hydroxylation sites is 2. The third-order valence-corrected chi connectivity index (χ3v) is 9.82. The minimum absolute atomic E-state index is 0.588. The zero-order chi connectivity index (χ0) is 37.4. The van der Waals surface area contributed by atoms with E-state index >= 15 is 0 Å². The molecule has 0 saturated carbocycles. The van der Waals surface area contributed by atoms with Crippen LogP contribution < -0.4 is 11.1 Å². The monoisotopic (exact) mass is 742 g/mol. The summed E-state index contributed by atoms with van der Waals surface area (Å²) in [5.74, 6) is 0.868. The second kappa shape index (κ2) is 16.8. The molecule has 0 spiro atoms. The topological polar surface area (TPSA) is 122 Å². The molecule has 10 rings (SSSR count). The molecule has 0 aliphatic carbocycles. The summed E-state index contributed by atoms with van der Waals surface area (Å²) < 4.78 is 0. The van der Waals surface area contributed by atoms with Crippen LogP contribution in [0.4, 0.5) is 17.2 Å². The Balaban J connectivity index is 0.000000130. The molecule has 4 aromatic carbocycles. The number of hydrogen-bond acceptors (Lipinski definition) is 10. The van der Waals surface area contributed by atoms with Gasteiger partial charge in [-0.2, -0.15) is 0 Å². The molecule has 0 saturated heterocycles. The van der Waals surface area contributed by atoms with Gasteiger partial charge < -0.3 is 11.1 Å². The van der Waals surface area contributed by atoms with Crippen LogP contribution in [-0.4, -0.2) is 39.7 Å². The molecule has 6 heterocycles. The van der Waals surface area contributed by atoms with E-state index in [-0.39, 0.29) is 0 Å². The van der Waals surface area contributed by atoms with Gasteiger partial charge in [-0.15, -0.1) is 0 Å². The van der Waals surface area contributed by atoms with Crippen LogP contribution in [0.15, 0.2) is 146 Å². The number of aromatic nitrogens is 6. The van der Waals surface area contributed by atoms with E-state index in [9.17, 15) is 0 Å². The van der Waals surface area contributed by atoms with Crippen LogP contribution >= 0.6 is 11.6 Å². The van der Waals surface area contributed by atoms with Gasteiger partial charge in [0.2, 0.25) is 0 Å². The molecule has 2 aliphatic rings. The maximum Gasteiger partial charge on any atom is 0.138 e. The number of nitrogen functional groups attached to an aromatic ring is 1. The zero-order valence-electron chi connectivity index (χ0n) is 30.1. The van der Waals surface area contributed by atoms with E-state index in [0.717, 1.165) is 89.5 Å². The minimum atomic E-state index is 0.588. The van der Waals surface area contributed by atoms with Crippen LogP contribution in [0, 0.1) is 0 Å². The fourth-order valence-electron chi connectivity index (χ4n) is 6.83. The average Bonchev–Trinajstić information content (AvgIpc) is 3.84. The Kier molecular flexibility index (Phi) is 10.9. The zero-order valence-corrected chi connectivity index (χ0v) is 30.9. The number of fused-ring (bicyclic) bond motifs is 4. The number of halogens is 1. The van der Waals surface area contributed by atoms with Gasteiger partial charge in [0.25, 0.3) is 0 Å². The van der Waals surface area contributed by atoms with Crippen LogP contribution in [0.1, 0.15) is 33.6 Å². The van der Waals surface area contributed by atoms with Gasteiger partial charge in [0.05, 0.1) is 46.2 Å². The Hall–Kier alpha value is -6.33. The van der Waals surface area contributed by atoms with Crippen molar-refractivity contribution in [3.05, 3.63) is 185 Å². The molecule has 0 fully saturated rings. The van der Waals surface area contributed by atoms with Gasteiger partial charge in [-0.1, -0.05) is 109 Å². The van der Waals surface area contributed by atoms with E-state index in [1.54, 1.807) is 12.5 Å². The summed E-state index contributed by atoms with van der Waals surface area (Å²) in [6, 6.07) is 41.0. The number of rotatable bonds is 6. The van der Waals surface area contributed by atoms with Crippen LogP contribution in [0.2, 0.25) is 5.15 Å². The largest absolute Gasteiger partial charge is 0.397 e. The van der Waals surface area contributed by atoms with E-state index in [4.69, 9.17) is 17.3 Å². The second-order valence-electron chi connectivity index (χ2n) is 13.5. The van der Waals surface area contributed by atoms with Gasteiger partial charge in [0.1, 0.15) is 23.6 Å². The van der Waals surface area contributed by atoms with Crippen molar-refractivity contribution in [3.63, 3.8) is 0 Å². The summed E-state index contributed by atoms with van der Waals surface area (Å²) in [6.07, 6.45) is 6.70. The van der Waals surface area contributed by atoms with E-state index in [1.807, 2.05) is 66.9 Å². The second-order valence-corrected chi connectivity index (χ2v) is 13.9. The smallest absolute Gasteiger partial charge is 0.138 e. The van der Waals surface area contributed by atoms with Crippen molar-refractivity contribution in [3.8, 4) is 0 Å². The quantitative estimate of drug-likeness (QED) is 0.160. The minimum Gasteiger partial charge on any atom is -0.397 e. The number of benzene rings is 4. The SMILES string of the molecule is Clc1ncnc2c1CN(Cc1ccccc1)C2.Nc1cnc2ccccc2c1.c1ccc(CN2Cc3ncnc(Nc4cnc5ccccc5c4)c3C2)cc1. The van der Waals surface area contributed by atoms with Crippen molar-refractivity contribution >= 4 is 50.6 Å². The Morgan fingerprint density at radius 3 is 1.71 bits per heavy atom. The highest BCUT2D eigenvalue weighted by Crippen LogP contribution is 2.30. The molecule has 0 atom stereocenters. The van der Waals surface area contributed by atoms with Crippen LogP contribution in [-0.2, 0) is 39.3 Å². The maximum atomic E-state index is 6.06. The average molecular weight is 743 g/mol. The fraction of sp³-hybridized carbons (Fsp3) is 0.136. The number of anilines is 3. The van der Waals surface area contributed by atoms with Crippen molar-refractivity contribution < 1.29 is 0 Å². The normalized spacial score (nSPS) is 13.3. The van der Waals surface area contributed by atoms with Crippen LogP contribution in [0.3, 0.4) is 0 Å². The predicted molar refractivity (Wildman–Crippen MR) is 219 cm³/mol. The summed E-state index contributed by atoms with van der Waals surface area (Å²) in [5, 5.41) is 6.23. The third-order valence-electron chi connectivity index (χ3n) is 9.49. The van der Waals surface area contributed by atoms with Crippen molar-refractivity contribution in [1.29, 1.82) is 0 Å². The van der Waals surface area contributed by atoms with E-state index in [2.05, 4.69) is 106 Å². The highest BCUT2D eigenvalue weighted by atomic mass is 35.5. The lowest BCUT2D eigenvalue weighted by Gasteiger charge is -2.14. The molecule has 3 N–H and O–H groups in total. The Morgan fingerprint density at radius 2 is 1.07 bits per heavy atom. The number of nitrogens with one attached hydrogen (secondary N) is 1. The molecule has 8 aromatic rings. The maximum absolute atomic E-state index is 6.06. The number of nitrogens with zero attached hydrogens (tertiary/aromatic N) is 8. The van der Waals surface area contributed by atoms with Crippen LogP contribution in [0.5, 0.6) is 0 Å². The van der Waals surface area contributed by atoms with Gasteiger partial charge >= 0.3 is 0 Å². The number of nitrogens with two attached hydrogens (primary N) is 1. The molecule has 0 bridgehead atoms. The van der Waals surface area contributed by atoms with Crippen molar-refractivity contribution in [2.24, 2.45) is 0 Å². The lowest BCUT2D eigenvalue weighted by atomic mass is 10.2. The molecule has 0 unspecified atom stereocenters. The molecule has 272 valence electrons. The van der Waals surface area contributed by atoms with Crippen molar-refractivity contribution in [2.45, 2.75) is 39.3 Å². The summed E-state index contributed by atoms with van der Waals surface area (Å²) in [4.78, 5) is 30.7. The van der Waals surface area contributed by atoms with Crippen LogP contribution in [0.25, 0.3) is 21.8 Å². The summed E-state index contributed by atoms with van der Waals surface area (Å²) in [5.41, 5.74) is 16.2. The summed E-state index contributed by atoms with van der Waals surface area (Å²) in [7, 11) is 0. The molecule has 4 aromatic heterocycles. The Morgan fingerprint density at radius 1 is 0.545 bits per heavy atom. The van der Waals surface area contributed by atoms with Gasteiger partial charge in [-0.25, -0.2) is 19.9 Å². The third kappa shape index (κ3) is 8.90. The van der Waals surface area contributed by atoms with Gasteiger partial charge in [0.15, 0.2) is 0 Å². The molecular weight excluding hydrogens is 704 g/mol. The summed E-state index contributed by atoms with van der Waals surface area (Å²) in [6.45, 7) is 5.21. The van der Waals surface area contributed by atoms with Crippen molar-refractivity contribution in [1.82, 2.24) is 39.7 Å². The molecule has 55 heavy (non-hydrogen) atoms. The highest BCUT2D eigenvalue weighted by Gasteiger charge is 2.25. The Labute approximate surface area is 324 Å². The first-order valence-electron chi connectivity index (χ1n) is 18.1. The molecule has 2 aliphatic heterocycles. The number of hydrogen-bond donors (Lipinski definition) is 2. The van der Waals surface area contributed by atoms with Gasteiger partial charge in [-0.3, -0.25) is 19.8 Å². The van der Waals surface area contributed by atoms with Gasteiger partial charge in [-0.05, 0) is 35.4 Å². The van der Waals surface area contributed by atoms with E-state index < -0.39 is 0 Å². The first-order chi connectivity index (χ1) is 27.0. The van der Waals surface area contributed by atoms with Gasteiger partial charge in [0, 0.05) is 61.2 Å². The lowest BCUT2D eigenvalue weighted by molar-refractivity contribution is 0.274. The first-order valence-corrected chi connectivity index (χ1v) is 18.5. The van der Waals surface area contributed by atoms with E-state index in [0.29, 0.717) is 10.8 Å². The summed E-state index contributed by atoms with van der Waals surface area (Å²) >= 11 is 6.06. The lowest BCUT2D eigenvalue weighted by Crippen LogP contribution is -2.15. The Bertz CT molecular complexity index is 2530. The molecule has 11 heteroatoms. The molecular formula is C44H39ClN10. The standard InChI is InChI=1S/C22H19N5.C13H12ClN3.C9H8N2/c1-2-6-16(7-3-1)12-27-13-19-21(14-27)24-15-25-22(19)26-18-10-17-8-4-5-9-20(17)23-11-18;14-13-11-7-17(8-12(11)15-9-16-13)6-10-4-2-1-3-5-10;10-8-5-7-3-1-2-4-9(7)11-6-8/h1-11,15H,12-14H2,(H,24,25,26);1-5,9H,6-8H2;1-6H,10H2. The predicted octanol–water partition coefficient (Wildman–Crippen LogP) is 8.75. The number of pyridine rings is 2. The first kappa shape index (κ1) is 35.7. The molecule has 0 amide bonds. The molecule has 10 nitrogen and oxygen atoms in total. The van der Waals surface area contributed by atoms with E-state index in [1.165, 1.54) is 23.0 Å². The van der Waals surface area contributed by atoms with Crippen molar-refractivity contribution in [2.75, 3.05) is 11.1 Å². The fourth-order valence-corrected chi connectivity index (χ4v) is 7.04. The highest BCUT2D eigenvalue weighted by molar-refractivity contribution is 6.30.